The third-order valence-electron chi connectivity index (χ3n) is 10.8. The van der Waals surface area contributed by atoms with Crippen molar-refractivity contribution < 1.29 is 9.59 Å². The van der Waals surface area contributed by atoms with Crippen molar-refractivity contribution in [2.75, 3.05) is 22.9 Å². The first kappa shape index (κ1) is 40.5. The SMILES string of the molecule is CCCCCCCCCCCCN1C(=O)C(Sc2ccccc2)c2cc3c(cc21)C(Sc1ccccc1)C(=O)N3CCCCCCCCCCCC. The Bertz CT molecular complexity index is 1380. The van der Waals surface area contributed by atoms with E-state index >= 15 is 0 Å². The highest BCUT2D eigenvalue weighted by molar-refractivity contribution is 8.00. The summed E-state index contributed by atoms with van der Waals surface area (Å²) < 4.78 is 0. The smallest absolute Gasteiger partial charge is 0.245 e. The zero-order valence-corrected chi connectivity index (χ0v) is 33.8. The number of hydrogen-bond donors (Lipinski definition) is 0. The van der Waals surface area contributed by atoms with E-state index in [0.29, 0.717) is 0 Å². The number of carbonyl (C=O) groups excluding carboxylic acids is 2. The van der Waals surface area contributed by atoms with Crippen LogP contribution in [0.3, 0.4) is 0 Å². The van der Waals surface area contributed by atoms with Crippen molar-refractivity contribution in [3.8, 4) is 0 Å². The minimum atomic E-state index is -0.305. The van der Waals surface area contributed by atoms with E-state index in [1.807, 2.05) is 36.4 Å². The predicted octanol–water partition coefficient (Wildman–Crippen LogP) is 13.9. The number of rotatable bonds is 26. The molecule has 282 valence electrons. The highest BCUT2D eigenvalue weighted by Crippen LogP contribution is 2.54. The van der Waals surface area contributed by atoms with Gasteiger partial charge < -0.3 is 9.80 Å². The lowest BCUT2D eigenvalue weighted by molar-refractivity contribution is -0.118. The van der Waals surface area contributed by atoms with Crippen molar-refractivity contribution in [2.24, 2.45) is 0 Å². The van der Waals surface area contributed by atoms with Gasteiger partial charge in [0, 0.05) is 45.4 Å². The highest BCUT2D eigenvalue weighted by atomic mass is 32.2. The Balaban J connectivity index is 1.30. The number of unbranched alkanes of at least 4 members (excludes halogenated alkanes) is 18. The molecule has 6 heteroatoms. The van der Waals surface area contributed by atoms with Crippen LogP contribution in [0, 0.1) is 0 Å². The molecule has 0 bridgehead atoms. The Kier molecular flexibility index (Phi) is 17.5. The van der Waals surface area contributed by atoms with E-state index in [0.717, 1.165) is 71.1 Å². The van der Waals surface area contributed by atoms with Crippen LogP contribution in [0.1, 0.15) is 164 Å². The van der Waals surface area contributed by atoms with Crippen LogP contribution in [-0.4, -0.2) is 24.9 Å². The lowest BCUT2D eigenvalue weighted by Gasteiger charge is -2.20. The van der Waals surface area contributed by atoms with Crippen molar-refractivity contribution in [1.82, 2.24) is 0 Å². The van der Waals surface area contributed by atoms with E-state index in [9.17, 15) is 9.59 Å². The third-order valence-corrected chi connectivity index (χ3v) is 13.2. The average molecular weight is 741 g/mol. The van der Waals surface area contributed by atoms with Crippen LogP contribution in [-0.2, 0) is 9.59 Å². The van der Waals surface area contributed by atoms with Crippen LogP contribution in [0.5, 0.6) is 0 Å². The normalized spacial score (nSPS) is 16.6. The fourth-order valence-corrected chi connectivity index (χ4v) is 10.0. The van der Waals surface area contributed by atoms with Gasteiger partial charge in [0.05, 0.1) is 0 Å². The molecule has 4 nitrogen and oxygen atoms in total. The van der Waals surface area contributed by atoms with Gasteiger partial charge in [0.2, 0.25) is 11.8 Å². The van der Waals surface area contributed by atoms with Crippen LogP contribution in [0.15, 0.2) is 82.6 Å². The zero-order valence-electron chi connectivity index (χ0n) is 32.2. The highest BCUT2D eigenvalue weighted by Gasteiger charge is 2.44. The number of fused-ring (bicyclic) bond motifs is 2. The topological polar surface area (TPSA) is 40.6 Å². The Morgan fingerprint density at radius 3 is 1.08 bits per heavy atom. The summed E-state index contributed by atoms with van der Waals surface area (Å²) in [6, 6.07) is 25.1. The van der Waals surface area contributed by atoms with Crippen LogP contribution >= 0.6 is 23.5 Å². The molecule has 3 aromatic rings. The summed E-state index contributed by atoms with van der Waals surface area (Å²) in [5, 5.41) is -0.609. The maximum absolute atomic E-state index is 14.3. The lowest BCUT2D eigenvalue weighted by atomic mass is 10.0. The first-order chi connectivity index (χ1) is 25.6. The van der Waals surface area contributed by atoms with Gasteiger partial charge in [-0.2, -0.15) is 0 Å². The van der Waals surface area contributed by atoms with Crippen LogP contribution in [0.4, 0.5) is 11.4 Å². The molecule has 0 spiro atoms. The molecule has 2 aliphatic rings. The van der Waals surface area contributed by atoms with E-state index in [2.05, 4.69) is 60.0 Å². The molecule has 3 aromatic carbocycles. The van der Waals surface area contributed by atoms with Crippen molar-refractivity contribution in [3.05, 3.63) is 83.9 Å². The monoisotopic (exact) mass is 740 g/mol. The number of anilines is 2. The summed E-state index contributed by atoms with van der Waals surface area (Å²) in [6.45, 7) is 6.02. The summed E-state index contributed by atoms with van der Waals surface area (Å²) in [6.07, 6.45) is 25.4. The first-order valence-electron chi connectivity index (χ1n) is 20.9. The van der Waals surface area contributed by atoms with Gasteiger partial charge in [0.1, 0.15) is 10.5 Å². The average Bonchev–Trinajstić information content (AvgIpc) is 3.56. The van der Waals surface area contributed by atoms with Crippen LogP contribution < -0.4 is 9.80 Å². The van der Waals surface area contributed by atoms with Gasteiger partial charge in [-0.25, -0.2) is 0 Å². The summed E-state index contributed by atoms with van der Waals surface area (Å²) in [7, 11) is 0. The first-order valence-corrected chi connectivity index (χ1v) is 22.6. The Labute approximate surface area is 324 Å². The molecular weight excluding hydrogens is 677 g/mol. The van der Waals surface area contributed by atoms with Gasteiger partial charge in [-0.15, -0.1) is 23.5 Å². The second-order valence-corrected chi connectivity index (χ2v) is 17.3. The van der Waals surface area contributed by atoms with E-state index in [4.69, 9.17) is 0 Å². The molecule has 2 unspecified atom stereocenters. The number of hydrogen-bond acceptors (Lipinski definition) is 4. The number of amides is 2. The van der Waals surface area contributed by atoms with Crippen molar-refractivity contribution >= 4 is 46.7 Å². The number of benzene rings is 3. The van der Waals surface area contributed by atoms with E-state index in [1.54, 1.807) is 23.5 Å². The molecule has 0 aliphatic carbocycles. The molecule has 5 rings (SSSR count). The standard InChI is InChI=1S/C46H64N2O2S2/c1-3-5-7-9-11-13-15-17-19-27-33-47-41-35-40-42(36-39(41)43(45(47)49)51-37-29-23-21-24-30-37)48(34-28-20-18-16-14-12-10-8-6-4-2)46(50)44(40)52-38-31-25-22-26-32-38/h21-26,29-32,35-36,43-44H,3-20,27-28,33-34H2,1-2H3. The Morgan fingerprint density at radius 1 is 0.442 bits per heavy atom. The molecule has 0 N–H and O–H groups in total. The largest absolute Gasteiger partial charge is 0.311 e. The molecule has 0 aromatic heterocycles. The lowest BCUT2D eigenvalue weighted by Crippen LogP contribution is -2.29. The van der Waals surface area contributed by atoms with Crippen LogP contribution in [0.2, 0.25) is 0 Å². The number of carbonyl (C=O) groups is 2. The summed E-state index contributed by atoms with van der Waals surface area (Å²) in [5.41, 5.74) is 4.16. The molecule has 2 aliphatic heterocycles. The van der Waals surface area contributed by atoms with Crippen molar-refractivity contribution in [1.29, 1.82) is 0 Å². The molecule has 2 atom stereocenters. The molecule has 0 fully saturated rings. The molecule has 2 amide bonds. The fraction of sp³-hybridized carbons (Fsp3) is 0.565. The van der Waals surface area contributed by atoms with Gasteiger partial charge in [-0.05, 0) is 49.2 Å². The molecule has 0 radical (unpaired) electrons. The molecule has 0 saturated carbocycles. The zero-order chi connectivity index (χ0) is 36.4. The van der Waals surface area contributed by atoms with Gasteiger partial charge in [-0.1, -0.05) is 166 Å². The summed E-state index contributed by atoms with van der Waals surface area (Å²) >= 11 is 3.30. The van der Waals surface area contributed by atoms with Gasteiger partial charge >= 0.3 is 0 Å². The van der Waals surface area contributed by atoms with E-state index < -0.39 is 0 Å². The molecule has 2 heterocycles. The maximum atomic E-state index is 14.3. The van der Waals surface area contributed by atoms with E-state index in [1.165, 1.54) is 103 Å². The minimum Gasteiger partial charge on any atom is -0.311 e. The second-order valence-electron chi connectivity index (χ2n) is 14.9. The fourth-order valence-electron chi connectivity index (χ4n) is 7.76. The molecular formula is C46H64N2O2S2. The Hall–Kier alpha value is -2.70. The Morgan fingerprint density at radius 2 is 0.750 bits per heavy atom. The van der Waals surface area contributed by atoms with E-state index in [-0.39, 0.29) is 22.3 Å². The van der Waals surface area contributed by atoms with Gasteiger partial charge in [0.25, 0.3) is 0 Å². The van der Waals surface area contributed by atoms with Crippen molar-refractivity contribution in [3.63, 3.8) is 0 Å². The number of thioether (sulfide) groups is 2. The molecule has 52 heavy (non-hydrogen) atoms. The summed E-state index contributed by atoms with van der Waals surface area (Å²) in [5.74, 6) is 0.367. The number of nitrogens with zero attached hydrogens (tertiary/aromatic N) is 2. The second kappa shape index (κ2) is 22.5. The van der Waals surface area contributed by atoms with Gasteiger partial charge in [0.15, 0.2) is 0 Å². The third kappa shape index (κ3) is 11.6. The minimum absolute atomic E-state index is 0.184. The summed E-state index contributed by atoms with van der Waals surface area (Å²) in [4.78, 5) is 34.9. The maximum Gasteiger partial charge on any atom is 0.245 e. The van der Waals surface area contributed by atoms with Gasteiger partial charge in [-0.3, -0.25) is 9.59 Å². The van der Waals surface area contributed by atoms with Crippen LogP contribution in [0.25, 0.3) is 0 Å². The van der Waals surface area contributed by atoms with Crippen molar-refractivity contribution in [2.45, 2.75) is 163 Å². The predicted molar refractivity (Wildman–Crippen MR) is 225 cm³/mol. The molecule has 0 saturated heterocycles. The quantitative estimate of drug-likeness (QED) is 0.0769.